The molecule has 9 nitrogen and oxygen atoms in total. The lowest BCUT2D eigenvalue weighted by Crippen LogP contribution is -2.42. The third-order valence-corrected chi connectivity index (χ3v) is 12.0. The number of hydrogen-bond acceptors (Lipinski definition) is 8. The van der Waals surface area contributed by atoms with Crippen LogP contribution in [-0.4, -0.2) is 55.0 Å². The van der Waals surface area contributed by atoms with Crippen molar-refractivity contribution < 1.29 is 28.7 Å². The fourth-order valence-corrected chi connectivity index (χ4v) is 9.08. The number of rotatable bonds is 13. The zero-order valence-electron chi connectivity index (χ0n) is 31.7. The van der Waals surface area contributed by atoms with Crippen molar-refractivity contribution in [3.63, 3.8) is 0 Å². The molecule has 0 bridgehead atoms. The molecule has 0 aliphatic heterocycles. The second kappa shape index (κ2) is 18.0. The molecule has 0 spiro atoms. The number of ether oxygens (including phenoxy) is 2. The molecule has 1 fully saturated rings. The number of fused-ring (bicyclic) bond motifs is 1. The van der Waals surface area contributed by atoms with Gasteiger partial charge in [-0.1, -0.05) is 36.4 Å². The van der Waals surface area contributed by atoms with Crippen LogP contribution in [0.4, 0.5) is 10.7 Å². The molecule has 0 saturated heterocycles. The molecule has 1 aromatic heterocycles. The van der Waals surface area contributed by atoms with Crippen LogP contribution in [0.1, 0.15) is 111 Å². The summed E-state index contributed by atoms with van der Waals surface area (Å²) in [7, 11) is 2.83. The molecule has 2 aliphatic rings. The monoisotopic (exact) mass is 749 g/mol. The number of nitrogens with one attached hydrogen (secondary N) is 2. The van der Waals surface area contributed by atoms with E-state index in [0.717, 1.165) is 86.5 Å². The minimum Gasteiger partial charge on any atom is -0.469 e. The zero-order chi connectivity index (χ0) is 38.2. The van der Waals surface area contributed by atoms with E-state index in [1.165, 1.54) is 30.4 Å². The SMILES string of the molecule is COC(=O)c1ccc(CCc2ccc(NC(=O)c3c(NC(=O)c4cccc(CN(C(C)C)[C@H]5CC[C@H](C(=O)OC)CC5)c4)sc4c3CCCC4)cc2)cc1. The van der Waals surface area contributed by atoms with Crippen molar-refractivity contribution in [2.45, 2.75) is 96.7 Å². The minimum absolute atomic E-state index is 0.0228. The highest BCUT2D eigenvalue weighted by Crippen LogP contribution is 2.39. The fourth-order valence-electron chi connectivity index (χ4n) is 7.80. The van der Waals surface area contributed by atoms with Crippen molar-refractivity contribution in [1.29, 1.82) is 0 Å². The Balaban J connectivity index is 1.10. The second-order valence-corrected chi connectivity index (χ2v) is 15.8. The maximum atomic E-state index is 13.9. The predicted molar refractivity (Wildman–Crippen MR) is 213 cm³/mol. The first kappa shape index (κ1) is 38.9. The summed E-state index contributed by atoms with van der Waals surface area (Å²) < 4.78 is 9.77. The van der Waals surface area contributed by atoms with Crippen molar-refractivity contribution >= 4 is 45.8 Å². The lowest BCUT2D eigenvalue weighted by molar-refractivity contribution is -0.147. The van der Waals surface area contributed by atoms with Gasteiger partial charge in [0.05, 0.1) is 31.3 Å². The van der Waals surface area contributed by atoms with Crippen molar-refractivity contribution in [3.05, 3.63) is 117 Å². The van der Waals surface area contributed by atoms with Crippen molar-refractivity contribution in [2.75, 3.05) is 24.9 Å². The smallest absolute Gasteiger partial charge is 0.337 e. The van der Waals surface area contributed by atoms with Crippen LogP contribution in [0.3, 0.4) is 0 Å². The van der Waals surface area contributed by atoms with Gasteiger partial charge in [0.15, 0.2) is 0 Å². The van der Waals surface area contributed by atoms with E-state index in [4.69, 9.17) is 9.47 Å². The lowest BCUT2D eigenvalue weighted by atomic mass is 9.84. The molecule has 54 heavy (non-hydrogen) atoms. The molecule has 0 atom stereocenters. The predicted octanol–water partition coefficient (Wildman–Crippen LogP) is 8.65. The van der Waals surface area contributed by atoms with E-state index >= 15 is 0 Å². The Morgan fingerprint density at radius 1 is 0.759 bits per heavy atom. The van der Waals surface area contributed by atoms with Gasteiger partial charge in [-0.15, -0.1) is 11.3 Å². The quantitative estimate of drug-likeness (QED) is 0.132. The summed E-state index contributed by atoms with van der Waals surface area (Å²) in [4.78, 5) is 55.2. The molecule has 10 heteroatoms. The maximum absolute atomic E-state index is 13.9. The molecule has 2 N–H and O–H groups in total. The third kappa shape index (κ3) is 9.46. The maximum Gasteiger partial charge on any atom is 0.337 e. The van der Waals surface area contributed by atoms with Crippen LogP contribution in [0.15, 0.2) is 72.8 Å². The van der Waals surface area contributed by atoms with Crippen LogP contribution in [-0.2, 0) is 46.5 Å². The van der Waals surface area contributed by atoms with E-state index in [1.807, 2.05) is 54.6 Å². The first-order valence-corrected chi connectivity index (χ1v) is 19.9. The number of anilines is 2. The summed E-state index contributed by atoms with van der Waals surface area (Å²) in [5.41, 5.74) is 6.69. The molecule has 2 aliphatic carbocycles. The van der Waals surface area contributed by atoms with E-state index < -0.39 is 0 Å². The number of nitrogens with zero attached hydrogens (tertiary/aromatic N) is 1. The average Bonchev–Trinajstić information content (AvgIpc) is 3.57. The minimum atomic E-state index is -0.347. The van der Waals surface area contributed by atoms with E-state index in [2.05, 4.69) is 35.4 Å². The number of benzene rings is 3. The number of aryl methyl sites for hydroxylation is 3. The average molecular weight is 750 g/mol. The van der Waals surface area contributed by atoms with Crippen molar-refractivity contribution in [1.82, 2.24) is 4.90 Å². The van der Waals surface area contributed by atoms with Crippen molar-refractivity contribution in [2.24, 2.45) is 5.92 Å². The van der Waals surface area contributed by atoms with Gasteiger partial charge in [-0.3, -0.25) is 19.3 Å². The van der Waals surface area contributed by atoms with Gasteiger partial charge in [-0.25, -0.2) is 4.79 Å². The highest BCUT2D eigenvalue weighted by molar-refractivity contribution is 7.17. The van der Waals surface area contributed by atoms with Crippen LogP contribution >= 0.6 is 11.3 Å². The number of carbonyl (C=O) groups is 4. The van der Waals surface area contributed by atoms with Gasteiger partial charge >= 0.3 is 11.9 Å². The normalized spacial score (nSPS) is 16.8. The first-order valence-electron chi connectivity index (χ1n) is 19.1. The summed E-state index contributed by atoms with van der Waals surface area (Å²) in [5.74, 6) is -0.931. The van der Waals surface area contributed by atoms with Crippen LogP contribution < -0.4 is 10.6 Å². The number of thiophene rings is 1. The highest BCUT2D eigenvalue weighted by atomic mass is 32.1. The van der Waals surface area contributed by atoms with Gasteiger partial charge in [0.1, 0.15) is 5.00 Å². The van der Waals surface area contributed by atoms with E-state index in [-0.39, 0.29) is 29.7 Å². The Bertz CT molecular complexity index is 1940. The number of amides is 2. The molecule has 2 amide bonds. The Morgan fingerprint density at radius 3 is 2.07 bits per heavy atom. The van der Waals surface area contributed by atoms with Gasteiger partial charge < -0.3 is 20.1 Å². The Kier molecular flexibility index (Phi) is 13.0. The van der Waals surface area contributed by atoms with E-state index in [0.29, 0.717) is 46.0 Å². The van der Waals surface area contributed by atoms with Gasteiger partial charge in [0, 0.05) is 34.8 Å². The van der Waals surface area contributed by atoms with E-state index in [1.54, 1.807) is 12.1 Å². The van der Waals surface area contributed by atoms with Crippen molar-refractivity contribution in [3.8, 4) is 0 Å². The lowest BCUT2D eigenvalue weighted by Gasteiger charge is -2.39. The van der Waals surface area contributed by atoms with Crippen LogP contribution in [0.5, 0.6) is 0 Å². The van der Waals surface area contributed by atoms with E-state index in [9.17, 15) is 19.2 Å². The second-order valence-electron chi connectivity index (χ2n) is 14.7. The highest BCUT2D eigenvalue weighted by Gasteiger charge is 2.31. The van der Waals surface area contributed by atoms with Crippen LogP contribution in [0.2, 0.25) is 0 Å². The number of esters is 2. The molecule has 0 unspecified atom stereocenters. The zero-order valence-corrected chi connectivity index (χ0v) is 32.6. The Morgan fingerprint density at radius 2 is 1.43 bits per heavy atom. The Hall–Kier alpha value is -4.80. The molecule has 1 saturated carbocycles. The largest absolute Gasteiger partial charge is 0.469 e. The number of carbonyl (C=O) groups excluding carboxylic acids is 4. The van der Waals surface area contributed by atoms with Gasteiger partial charge in [-0.05, 0) is 137 Å². The Labute approximate surface area is 322 Å². The molecular formula is C44H51N3O6S. The van der Waals surface area contributed by atoms with Gasteiger partial charge in [0.2, 0.25) is 0 Å². The topological polar surface area (TPSA) is 114 Å². The summed E-state index contributed by atoms with van der Waals surface area (Å²) in [6.45, 7) is 5.09. The first-order chi connectivity index (χ1) is 26.1. The standard InChI is InChI=1S/C44H51N3O6S/c1-28(2)47(36-24-20-33(21-25-36)44(51)53-4)27-31-8-7-9-34(26-31)40(48)46-42-39(37-10-5-6-11-38(37)54-42)41(49)45-35-22-16-30(17-23-35)13-12-29-14-18-32(19-15-29)43(50)52-3/h7-9,14-19,22-23,26,28,33,36H,5-6,10-13,20-21,24-25,27H2,1-4H3,(H,45,49)(H,46,48)/t33-,36-. The molecule has 6 rings (SSSR count). The third-order valence-electron chi connectivity index (χ3n) is 10.8. The molecular weight excluding hydrogens is 699 g/mol. The van der Waals surface area contributed by atoms with Crippen LogP contribution in [0, 0.1) is 5.92 Å². The molecule has 3 aromatic carbocycles. The molecule has 284 valence electrons. The molecule has 4 aromatic rings. The molecule has 0 radical (unpaired) electrons. The number of methoxy groups -OCH3 is 2. The summed E-state index contributed by atoms with van der Waals surface area (Å²) in [6.07, 6.45) is 8.94. The molecule has 1 heterocycles. The summed E-state index contributed by atoms with van der Waals surface area (Å²) >= 11 is 1.52. The van der Waals surface area contributed by atoms with Crippen LogP contribution in [0.25, 0.3) is 0 Å². The number of hydrogen-bond donors (Lipinski definition) is 2. The van der Waals surface area contributed by atoms with Gasteiger partial charge in [0.25, 0.3) is 11.8 Å². The summed E-state index contributed by atoms with van der Waals surface area (Å²) in [5, 5.41) is 6.82. The van der Waals surface area contributed by atoms with Gasteiger partial charge in [-0.2, -0.15) is 0 Å². The summed E-state index contributed by atoms with van der Waals surface area (Å²) in [6, 6.07) is 23.7. The fraction of sp³-hybridized carbons (Fsp3) is 0.409.